The standard InChI is InChI=1S/C17H17ClF2N2O/c18-13-2-4-17(22-8-13)23-10-12-5-6-21-9-14(12)11-1-3-15(19)16(20)7-11/h1-4,7-8,12,14,21H,5-6,9-10H2/t12-,14-/m0/s1. The quantitative estimate of drug-likeness (QED) is 0.921. The first-order valence-corrected chi connectivity index (χ1v) is 7.91. The van der Waals surface area contributed by atoms with Gasteiger partial charge in [-0.05, 0) is 36.7 Å². The zero-order valence-electron chi connectivity index (χ0n) is 12.4. The second-order valence-electron chi connectivity index (χ2n) is 5.66. The smallest absolute Gasteiger partial charge is 0.213 e. The van der Waals surface area contributed by atoms with E-state index in [1.807, 2.05) is 0 Å². The Labute approximate surface area is 138 Å². The van der Waals surface area contributed by atoms with E-state index < -0.39 is 11.6 Å². The molecule has 0 spiro atoms. The Kier molecular flexibility index (Phi) is 5.08. The largest absolute Gasteiger partial charge is 0.477 e. The van der Waals surface area contributed by atoms with Crippen LogP contribution in [0.2, 0.25) is 5.02 Å². The second-order valence-corrected chi connectivity index (χ2v) is 6.10. The molecule has 1 aromatic carbocycles. The molecule has 1 saturated heterocycles. The first-order valence-electron chi connectivity index (χ1n) is 7.53. The van der Waals surface area contributed by atoms with E-state index in [0.717, 1.165) is 18.5 Å². The van der Waals surface area contributed by atoms with E-state index in [4.69, 9.17) is 16.3 Å². The predicted molar refractivity (Wildman–Crippen MR) is 84.8 cm³/mol. The molecule has 0 saturated carbocycles. The molecule has 3 rings (SSSR count). The number of halogens is 3. The van der Waals surface area contributed by atoms with Crippen molar-refractivity contribution in [2.45, 2.75) is 12.3 Å². The van der Waals surface area contributed by atoms with Gasteiger partial charge < -0.3 is 10.1 Å². The SMILES string of the molecule is Fc1ccc([C@@H]2CNCC[C@H]2COc2ccc(Cl)cn2)cc1F. The third-order valence-electron chi connectivity index (χ3n) is 4.14. The van der Waals surface area contributed by atoms with Crippen molar-refractivity contribution in [1.82, 2.24) is 10.3 Å². The highest BCUT2D eigenvalue weighted by Gasteiger charge is 2.27. The van der Waals surface area contributed by atoms with Gasteiger partial charge in [0.1, 0.15) is 0 Å². The minimum atomic E-state index is -0.823. The molecule has 1 aliphatic heterocycles. The summed E-state index contributed by atoms with van der Waals surface area (Å²) >= 11 is 5.80. The zero-order chi connectivity index (χ0) is 16.2. The summed E-state index contributed by atoms with van der Waals surface area (Å²) < 4.78 is 32.4. The summed E-state index contributed by atoms with van der Waals surface area (Å²) in [7, 11) is 0. The molecule has 6 heteroatoms. The van der Waals surface area contributed by atoms with Gasteiger partial charge in [0.25, 0.3) is 0 Å². The third kappa shape index (κ3) is 3.98. The molecule has 3 nitrogen and oxygen atoms in total. The van der Waals surface area contributed by atoms with Gasteiger partial charge in [0.15, 0.2) is 11.6 Å². The van der Waals surface area contributed by atoms with E-state index in [0.29, 0.717) is 24.1 Å². The topological polar surface area (TPSA) is 34.1 Å². The Balaban J connectivity index is 1.70. The lowest BCUT2D eigenvalue weighted by Crippen LogP contribution is -2.37. The first kappa shape index (κ1) is 16.1. The molecule has 0 radical (unpaired) electrons. The van der Waals surface area contributed by atoms with Crippen LogP contribution in [0.4, 0.5) is 8.78 Å². The van der Waals surface area contributed by atoms with Gasteiger partial charge in [-0.3, -0.25) is 0 Å². The maximum Gasteiger partial charge on any atom is 0.213 e. The average molecular weight is 339 g/mol. The van der Waals surface area contributed by atoms with Crippen molar-refractivity contribution < 1.29 is 13.5 Å². The van der Waals surface area contributed by atoms with E-state index in [9.17, 15) is 8.78 Å². The molecule has 1 fully saturated rings. The van der Waals surface area contributed by atoms with Crippen LogP contribution in [0.15, 0.2) is 36.5 Å². The van der Waals surface area contributed by atoms with Gasteiger partial charge >= 0.3 is 0 Å². The van der Waals surface area contributed by atoms with Gasteiger partial charge in [0.2, 0.25) is 5.88 Å². The maximum absolute atomic E-state index is 13.5. The molecule has 0 aliphatic carbocycles. The minimum Gasteiger partial charge on any atom is -0.477 e. The molecular weight excluding hydrogens is 322 g/mol. The van der Waals surface area contributed by atoms with Crippen LogP contribution in [0.25, 0.3) is 0 Å². The number of nitrogens with zero attached hydrogens (tertiary/aromatic N) is 1. The molecule has 23 heavy (non-hydrogen) atoms. The van der Waals surface area contributed by atoms with Crippen molar-refractivity contribution in [2.75, 3.05) is 19.7 Å². The lowest BCUT2D eigenvalue weighted by Gasteiger charge is -2.32. The van der Waals surface area contributed by atoms with Gasteiger partial charge in [-0.2, -0.15) is 0 Å². The van der Waals surface area contributed by atoms with Crippen molar-refractivity contribution in [1.29, 1.82) is 0 Å². The fourth-order valence-corrected chi connectivity index (χ4v) is 3.00. The monoisotopic (exact) mass is 338 g/mol. The summed E-state index contributed by atoms with van der Waals surface area (Å²) in [4.78, 5) is 4.11. The summed E-state index contributed by atoms with van der Waals surface area (Å²) in [5.74, 6) is -0.843. The van der Waals surface area contributed by atoms with Crippen LogP contribution >= 0.6 is 11.6 Å². The molecule has 0 bridgehead atoms. The Hall–Kier alpha value is -1.72. The maximum atomic E-state index is 13.5. The van der Waals surface area contributed by atoms with E-state index in [2.05, 4.69) is 10.3 Å². The van der Waals surface area contributed by atoms with Crippen LogP contribution in [0.1, 0.15) is 17.9 Å². The van der Waals surface area contributed by atoms with Crippen LogP contribution in [-0.2, 0) is 0 Å². The van der Waals surface area contributed by atoms with Crippen LogP contribution in [-0.4, -0.2) is 24.7 Å². The number of hydrogen-bond donors (Lipinski definition) is 1. The number of pyridine rings is 1. The molecule has 1 aliphatic rings. The number of piperidine rings is 1. The number of ether oxygens (including phenoxy) is 1. The molecular formula is C17H17ClF2N2O. The molecule has 2 atom stereocenters. The molecule has 1 N–H and O–H groups in total. The van der Waals surface area contributed by atoms with E-state index in [1.165, 1.54) is 18.3 Å². The van der Waals surface area contributed by atoms with Gasteiger partial charge in [-0.25, -0.2) is 13.8 Å². The lowest BCUT2D eigenvalue weighted by atomic mass is 9.82. The van der Waals surface area contributed by atoms with Crippen LogP contribution in [0.5, 0.6) is 5.88 Å². The number of aromatic nitrogens is 1. The van der Waals surface area contributed by atoms with Crippen molar-refractivity contribution in [3.05, 3.63) is 58.7 Å². The molecule has 2 aromatic rings. The molecule has 0 unspecified atom stereocenters. The highest BCUT2D eigenvalue weighted by atomic mass is 35.5. The predicted octanol–water partition coefficient (Wildman–Crippen LogP) is 3.79. The van der Waals surface area contributed by atoms with E-state index in [-0.39, 0.29) is 11.8 Å². The van der Waals surface area contributed by atoms with Gasteiger partial charge in [-0.15, -0.1) is 0 Å². The summed E-state index contributed by atoms with van der Waals surface area (Å²) in [5, 5.41) is 3.85. The average Bonchev–Trinajstić information content (AvgIpc) is 2.57. The number of benzene rings is 1. The van der Waals surface area contributed by atoms with Crippen LogP contribution < -0.4 is 10.1 Å². The second kappa shape index (κ2) is 7.23. The van der Waals surface area contributed by atoms with Gasteiger partial charge in [-0.1, -0.05) is 17.7 Å². The lowest BCUT2D eigenvalue weighted by molar-refractivity contribution is 0.188. The normalized spacial score (nSPS) is 21.2. The number of rotatable bonds is 4. The molecule has 0 amide bonds. The van der Waals surface area contributed by atoms with Gasteiger partial charge in [0.05, 0.1) is 11.6 Å². The molecule has 122 valence electrons. The van der Waals surface area contributed by atoms with Crippen LogP contribution in [0.3, 0.4) is 0 Å². The fourth-order valence-electron chi connectivity index (χ4n) is 2.89. The van der Waals surface area contributed by atoms with Crippen molar-refractivity contribution in [3.8, 4) is 5.88 Å². The Morgan fingerprint density at radius 2 is 2.09 bits per heavy atom. The van der Waals surface area contributed by atoms with Crippen LogP contribution in [0, 0.1) is 17.6 Å². The minimum absolute atomic E-state index is 0.0751. The summed E-state index contributed by atoms with van der Waals surface area (Å²) in [6.07, 6.45) is 2.43. The number of nitrogens with one attached hydrogen (secondary N) is 1. The van der Waals surface area contributed by atoms with Gasteiger partial charge in [0, 0.05) is 30.6 Å². The van der Waals surface area contributed by atoms with E-state index >= 15 is 0 Å². The highest BCUT2D eigenvalue weighted by Crippen LogP contribution is 2.30. The fraction of sp³-hybridized carbons (Fsp3) is 0.353. The summed E-state index contributed by atoms with van der Waals surface area (Å²) in [6, 6.07) is 7.54. The first-order chi connectivity index (χ1) is 11.1. The number of hydrogen-bond acceptors (Lipinski definition) is 3. The Bertz CT molecular complexity index is 666. The Morgan fingerprint density at radius 3 is 2.83 bits per heavy atom. The molecule has 2 heterocycles. The summed E-state index contributed by atoms with van der Waals surface area (Å²) in [6.45, 7) is 2.06. The van der Waals surface area contributed by atoms with Crippen molar-refractivity contribution in [3.63, 3.8) is 0 Å². The van der Waals surface area contributed by atoms with E-state index in [1.54, 1.807) is 18.2 Å². The van der Waals surface area contributed by atoms with Crippen molar-refractivity contribution in [2.24, 2.45) is 5.92 Å². The zero-order valence-corrected chi connectivity index (χ0v) is 13.2. The summed E-state index contributed by atoms with van der Waals surface area (Å²) in [5.41, 5.74) is 0.786. The Morgan fingerprint density at radius 1 is 1.22 bits per heavy atom. The third-order valence-corrected chi connectivity index (χ3v) is 4.37. The van der Waals surface area contributed by atoms with Crippen molar-refractivity contribution >= 4 is 11.6 Å². The highest BCUT2D eigenvalue weighted by molar-refractivity contribution is 6.30. The molecule has 1 aromatic heterocycles.